The van der Waals surface area contributed by atoms with Gasteiger partial charge in [0.1, 0.15) is 0 Å². The van der Waals surface area contributed by atoms with Crippen LogP contribution in [0.5, 0.6) is 0 Å². The Morgan fingerprint density at radius 2 is 0.968 bits per heavy atom. The minimum Gasteiger partial charge on any atom is -0.308 e. The molecule has 63 heavy (non-hydrogen) atoms. The summed E-state index contributed by atoms with van der Waals surface area (Å²) >= 11 is 0. The Balaban J connectivity index is 1.30. The predicted molar refractivity (Wildman–Crippen MR) is 260 cm³/mol. The average molecular weight is 804 g/mol. The second kappa shape index (κ2) is 13.9. The maximum Gasteiger partial charge on any atom is 0.247 e. The summed E-state index contributed by atoms with van der Waals surface area (Å²) in [6.07, 6.45) is 5.79. The number of nitrogens with zero attached hydrogens (tertiary/aromatic N) is 5. The monoisotopic (exact) mass is 803 g/mol. The highest BCUT2D eigenvalue weighted by Crippen LogP contribution is 2.62. The Bertz CT molecular complexity index is 3330. The standard InChI is InChI=1S/C57H38BN5/c1-4-21-40(22-5-1)57(41-23-6-2-7-24-41)44-28-10-11-29-46(44)58-47-30-12-13-31-48(47)62(43-27-18-35-59-38-43)56-53(58)45(57)37-52-55(56)61(42-25-8-3-9-26-42)49-32-14-15-33-50(49)63(52)51-34-16-19-39-20-17-36-60-54(39)51/h1-38H. The molecule has 3 aliphatic heterocycles. The van der Waals surface area contributed by atoms with Crippen molar-refractivity contribution in [2.45, 2.75) is 5.41 Å². The zero-order valence-electron chi connectivity index (χ0n) is 34.3. The lowest BCUT2D eigenvalue weighted by Crippen LogP contribution is -2.65. The second-order valence-electron chi connectivity index (χ2n) is 16.5. The number of benzene rings is 8. The number of rotatable bonds is 5. The summed E-state index contributed by atoms with van der Waals surface area (Å²) < 4.78 is 0. The van der Waals surface area contributed by atoms with Crippen molar-refractivity contribution in [3.63, 3.8) is 0 Å². The van der Waals surface area contributed by atoms with Crippen LogP contribution in [0.2, 0.25) is 0 Å². The van der Waals surface area contributed by atoms with Crippen LogP contribution in [0.25, 0.3) is 10.9 Å². The minimum absolute atomic E-state index is 0.0800. The molecule has 2 aromatic heterocycles. The van der Waals surface area contributed by atoms with Gasteiger partial charge in [-0.25, -0.2) is 0 Å². The summed E-state index contributed by atoms with van der Waals surface area (Å²) in [6, 6.07) is 77.8. The maximum atomic E-state index is 5.10. The maximum absolute atomic E-state index is 5.10. The van der Waals surface area contributed by atoms with E-state index in [2.05, 4.69) is 221 Å². The van der Waals surface area contributed by atoms with Crippen molar-refractivity contribution in [1.29, 1.82) is 0 Å². The van der Waals surface area contributed by atoms with Gasteiger partial charge >= 0.3 is 0 Å². The van der Waals surface area contributed by atoms with E-state index in [1.807, 2.05) is 24.7 Å². The molecule has 5 nitrogen and oxygen atoms in total. The SMILES string of the molecule is c1ccc(N2c3ccccc3N(c3cccc4cccnc34)c3cc4c5c(c32)N(c2cccnc2)c2ccccc2B5c2ccccc2C4(c2ccccc2)c2ccccc2)cc1. The summed E-state index contributed by atoms with van der Waals surface area (Å²) in [4.78, 5) is 17.4. The molecule has 0 radical (unpaired) electrons. The fraction of sp³-hybridized carbons (Fsp3) is 0.0175. The molecule has 10 aromatic rings. The fourth-order valence-corrected chi connectivity index (χ4v) is 11.0. The van der Waals surface area contributed by atoms with Crippen molar-refractivity contribution in [2.75, 3.05) is 14.7 Å². The van der Waals surface area contributed by atoms with Gasteiger partial charge in [-0.2, -0.15) is 0 Å². The van der Waals surface area contributed by atoms with Gasteiger partial charge in [-0.3, -0.25) is 9.97 Å². The van der Waals surface area contributed by atoms with E-state index < -0.39 is 5.41 Å². The van der Waals surface area contributed by atoms with E-state index in [0.29, 0.717) is 0 Å². The molecule has 13 rings (SSSR count). The second-order valence-corrected chi connectivity index (χ2v) is 16.5. The van der Waals surface area contributed by atoms with Crippen LogP contribution >= 0.6 is 0 Å². The highest BCUT2D eigenvalue weighted by molar-refractivity contribution is 6.99. The van der Waals surface area contributed by atoms with Crippen molar-refractivity contribution in [1.82, 2.24) is 9.97 Å². The Morgan fingerprint density at radius 1 is 0.397 bits per heavy atom. The summed E-state index contributed by atoms with van der Waals surface area (Å²) in [5.74, 6) is 0. The van der Waals surface area contributed by atoms with E-state index in [-0.39, 0.29) is 6.71 Å². The topological polar surface area (TPSA) is 35.5 Å². The molecule has 0 unspecified atom stereocenters. The Morgan fingerprint density at radius 3 is 1.70 bits per heavy atom. The lowest BCUT2D eigenvalue weighted by molar-refractivity contribution is 0.750. The molecule has 0 spiro atoms. The van der Waals surface area contributed by atoms with Gasteiger partial charge < -0.3 is 14.7 Å². The normalized spacial score (nSPS) is 14.0. The Kier molecular flexibility index (Phi) is 7.85. The number of para-hydroxylation sites is 5. The van der Waals surface area contributed by atoms with E-state index in [1.165, 1.54) is 38.6 Å². The van der Waals surface area contributed by atoms with E-state index >= 15 is 0 Å². The molecule has 0 N–H and O–H groups in total. The highest BCUT2D eigenvalue weighted by Gasteiger charge is 2.54. The van der Waals surface area contributed by atoms with Gasteiger partial charge in [0.05, 0.1) is 56.9 Å². The third-order valence-electron chi connectivity index (χ3n) is 13.4. The molecule has 5 heterocycles. The zero-order valence-corrected chi connectivity index (χ0v) is 34.3. The summed E-state index contributed by atoms with van der Waals surface area (Å²) in [6.45, 7) is -0.0800. The molecule has 0 fully saturated rings. The van der Waals surface area contributed by atoms with Crippen LogP contribution in [0.1, 0.15) is 22.3 Å². The summed E-state index contributed by atoms with van der Waals surface area (Å²) in [5, 5.41) is 1.08. The molecule has 0 amide bonds. The average Bonchev–Trinajstić information content (AvgIpc) is 3.36. The first-order chi connectivity index (χ1) is 31.3. The van der Waals surface area contributed by atoms with Gasteiger partial charge in [0, 0.05) is 29.2 Å². The Labute approximate surface area is 366 Å². The minimum atomic E-state index is -0.709. The lowest BCUT2D eigenvalue weighted by atomic mass is 9.29. The van der Waals surface area contributed by atoms with Crippen LogP contribution in [0.3, 0.4) is 0 Å². The van der Waals surface area contributed by atoms with Crippen LogP contribution in [-0.4, -0.2) is 16.7 Å². The molecular formula is C57H38BN5. The van der Waals surface area contributed by atoms with Gasteiger partial charge in [0.2, 0.25) is 6.71 Å². The zero-order chi connectivity index (χ0) is 41.5. The van der Waals surface area contributed by atoms with Crippen LogP contribution in [-0.2, 0) is 5.41 Å². The van der Waals surface area contributed by atoms with Crippen LogP contribution in [0.15, 0.2) is 231 Å². The lowest BCUT2D eigenvalue weighted by Gasteiger charge is -2.51. The van der Waals surface area contributed by atoms with Gasteiger partial charge in [0.15, 0.2) is 0 Å². The van der Waals surface area contributed by atoms with Gasteiger partial charge in [-0.05, 0) is 93.8 Å². The van der Waals surface area contributed by atoms with E-state index in [9.17, 15) is 0 Å². The van der Waals surface area contributed by atoms with Crippen molar-refractivity contribution in [3.8, 4) is 0 Å². The number of hydrogen-bond donors (Lipinski definition) is 0. The predicted octanol–water partition coefficient (Wildman–Crippen LogP) is 11.9. The first kappa shape index (κ1) is 35.5. The number of hydrogen-bond acceptors (Lipinski definition) is 5. The van der Waals surface area contributed by atoms with Crippen molar-refractivity contribution in [2.24, 2.45) is 0 Å². The van der Waals surface area contributed by atoms with Crippen molar-refractivity contribution in [3.05, 3.63) is 253 Å². The number of anilines is 9. The quantitative estimate of drug-likeness (QED) is 0.162. The molecule has 0 saturated carbocycles. The summed E-state index contributed by atoms with van der Waals surface area (Å²) in [7, 11) is 0. The molecule has 0 atom stereocenters. The molecule has 0 bridgehead atoms. The van der Waals surface area contributed by atoms with E-state index in [0.717, 1.165) is 62.1 Å². The molecular weight excluding hydrogens is 765 g/mol. The first-order valence-electron chi connectivity index (χ1n) is 21.6. The molecule has 294 valence electrons. The first-order valence-corrected chi connectivity index (χ1v) is 21.6. The van der Waals surface area contributed by atoms with E-state index in [4.69, 9.17) is 9.97 Å². The van der Waals surface area contributed by atoms with E-state index in [1.54, 1.807) is 0 Å². The molecule has 8 aromatic carbocycles. The molecule has 6 heteroatoms. The Hall–Kier alpha value is -8.22. The van der Waals surface area contributed by atoms with Crippen LogP contribution < -0.4 is 31.1 Å². The molecule has 3 aliphatic rings. The van der Waals surface area contributed by atoms with Gasteiger partial charge in [-0.1, -0.05) is 157 Å². The van der Waals surface area contributed by atoms with Crippen molar-refractivity contribution >= 4 is 85.2 Å². The van der Waals surface area contributed by atoms with Crippen LogP contribution in [0, 0.1) is 0 Å². The van der Waals surface area contributed by atoms with Crippen molar-refractivity contribution < 1.29 is 0 Å². The largest absolute Gasteiger partial charge is 0.308 e. The number of aromatic nitrogens is 2. The number of fused-ring (bicyclic) bond motifs is 8. The summed E-state index contributed by atoms with van der Waals surface area (Å²) in [5.41, 5.74) is 18.7. The fourth-order valence-electron chi connectivity index (χ4n) is 11.0. The van der Waals surface area contributed by atoms with Gasteiger partial charge in [0.25, 0.3) is 0 Å². The van der Waals surface area contributed by atoms with Gasteiger partial charge in [-0.15, -0.1) is 0 Å². The number of pyridine rings is 2. The molecule has 0 saturated heterocycles. The molecule has 0 aliphatic carbocycles. The van der Waals surface area contributed by atoms with Crippen LogP contribution in [0.4, 0.5) is 51.2 Å². The highest BCUT2D eigenvalue weighted by atomic mass is 15.3. The third-order valence-corrected chi connectivity index (χ3v) is 13.4. The smallest absolute Gasteiger partial charge is 0.247 e. The third kappa shape index (κ3) is 5.00.